The number of nitrogens with zero attached hydrogens (tertiary/aromatic N) is 2. The van der Waals surface area contributed by atoms with E-state index in [0.717, 1.165) is 4.90 Å². The lowest BCUT2D eigenvalue weighted by atomic mass is 10.2. The van der Waals surface area contributed by atoms with Crippen LogP contribution in [0.2, 0.25) is 0 Å². The third kappa shape index (κ3) is 4.51. The van der Waals surface area contributed by atoms with Gasteiger partial charge in [-0.05, 0) is 37.3 Å². The number of aryl methyl sites for hydroxylation is 1. The van der Waals surface area contributed by atoms with Crippen molar-refractivity contribution in [3.05, 3.63) is 53.9 Å². The van der Waals surface area contributed by atoms with Crippen LogP contribution < -0.4 is 9.47 Å². The molecule has 0 radical (unpaired) electrons. The summed E-state index contributed by atoms with van der Waals surface area (Å²) in [6.45, 7) is -0.894. The number of halogens is 2. The predicted octanol–water partition coefficient (Wildman–Crippen LogP) is 4.95. The van der Waals surface area contributed by atoms with E-state index in [9.17, 15) is 8.78 Å². The SMILES string of the molecule is COc1cc(-c2noc(CSc3cccc(C)c3)n2)ccc1OC(F)F. The van der Waals surface area contributed by atoms with E-state index in [2.05, 4.69) is 20.9 Å². The van der Waals surface area contributed by atoms with Gasteiger partial charge in [0, 0.05) is 10.5 Å². The molecular formula is C18H16F2N2O3S. The molecule has 0 unspecified atom stereocenters. The van der Waals surface area contributed by atoms with Crippen LogP contribution in [0.25, 0.3) is 11.4 Å². The number of aromatic nitrogens is 2. The first-order valence-electron chi connectivity index (χ1n) is 7.70. The highest BCUT2D eigenvalue weighted by atomic mass is 32.2. The Morgan fingerprint density at radius 1 is 1.15 bits per heavy atom. The fourth-order valence-electron chi connectivity index (χ4n) is 2.28. The second kappa shape index (κ2) is 8.18. The summed E-state index contributed by atoms with van der Waals surface area (Å²) in [5.74, 6) is 1.47. The monoisotopic (exact) mass is 378 g/mol. The fraction of sp³-hybridized carbons (Fsp3) is 0.222. The molecule has 0 saturated heterocycles. The normalized spacial score (nSPS) is 11.0. The van der Waals surface area contributed by atoms with Gasteiger partial charge >= 0.3 is 6.61 Å². The maximum atomic E-state index is 12.4. The summed E-state index contributed by atoms with van der Waals surface area (Å²) < 4.78 is 39.5. The number of hydrogen-bond donors (Lipinski definition) is 0. The second-order valence-electron chi connectivity index (χ2n) is 5.36. The lowest BCUT2D eigenvalue weighted by Crippen LogP contribution is -2.03. The minimum absolute atomic E-state index is 0.0510. The van der Waals surface area contributed by atoms with Crippen molar-refractivity contribution in [2.45, 2.75) is 24.2 Å². The van der Waals surface area contributed by atoms with Crippen molar-refractivity contribution in [2.75, 3.05) is 7.11 Å². The molecule has 0 fully saturated rings. The van der Waals surface area contributed by atoms with Crippen LogP contribution in [0.15, 0.2) is 51.9 Å². The second-order valence-corrected chi connectivity index (χ2v) is 6.41. The molecule has 1 heterocycles. The van der Waals surface area contributed by atoms with E-state index >= 15 is 0 Å². The smallest absolute Gasteiger partial charge is 0.387 e. The van der Waals surface area contributed by atoms with Crippen LogP contribution in [0.5, 0.6) is 11.5 Å². The molecule has 3 aromatic rings. The lowest BCUT2D eigenvalue weighted by molar-refractivity contribution is -0.0512. The molecule has 0 N–H and O–H groups in total. The molecule has 2 aromatic carbocycles. The molecule has 0 spiro atoms. The van der Waals surface area contributed by atoms with E-state index < -0.39 is 6.61 Å². The molecule has 0 bridgehead atoms. The molecule has 0 aliphatic rings. The predicted molar refractivity (Wildman–Crippen MR) is 93.7 cm³/mol. The molecule has 1 aromatic heterocycles. The van der Waals surface area contributed by atoms with Gasteiger partial charge in [-0.15, -0.1) is 11.8 Å². The number of hydrogen-bond acceptors (Lipinski definition) is 6. The van der Waals surface area contributed by atoms with E-state index in [1.54, 1.807) is 17.8 Å². The van der Waals surface area contributed by atoms with Crippen LogP contribution in [0.3, 0.4) is 0 Å². The Kier molecular flexibility index (Phi) is 5.72. The molecule has 0 aliphatic heterocycles. The molecule has 0 saturated carbocycles. The zero-order chi connectivity index (χ0) is 18.5. The Labute approximate surface area is 153 Å². The summed E-state index contributed by atoms with van der Waals surface area (Å²) in [4.78, 5) is 5.45. The molecule has 8 heteroatoms. The quantitative estimate of drug-likeness (QED) is 0.543. The number of rotatable bonds is 7. The van der Waals surface area contributed by atoms with Gasteiger partial charge in [0.05, 0.1) is 12.9 Å². The minimum atomic E-state index is -2.93. The molecular weight excluding hydrogens is 362 g/mol. The standard InChI is InChI=1S/C18H16F2N2O3S/c1-11-4-3-5-13(8-11)26-10-16-21-17(22-25-16)12-6-7-14(24-18(19)20)15(9-12)23-2/h3-9,18H,10H2,1-2H3. The Hall–Kier alpha value is -2.61. The maximum absolute atomic E-state index is 12.4. The molecule has 136 valence electrons. The van der Waals surface area contributed by atoms with Gasteiger partial charge in [-0.3, -0.25) is 0 Å². The molecule has 0 amide bonds. The maximum Gasteiger partial charge on any atom is 0.387 e. The summed E-state index contributed by atoms with van der Waals surface area (Å²) in [5, 5.41) is 3.94. The van der Waals surface area contributed by atoms with Crippen LogP contribution in [0, 0.1) is 6.92 Å². The van der Waals surface area contributed by atoms with Gasteiger partial charge < -0.3 is 14.0 Å². The minimum Gasteiger partial charge on any atom is -0.493 e. The van der Waals surface area contributed by atoms with E-state index in [0.29, 0.717) is 23.0 Å². The highest BCUT2D eigenvalue weighted by Gasteiger charge is 2.15. The molecule has 26 heavy (non-hydrogen) atoms. The third-order valence-electron chi connectivity index (χ3n) is 3.46. The Morgan fingerprint density at radius 2 is 2.00 bits per heavy atom. The van der Waals surface area contributed by atoms with Gasteiger partial charge in [0.15, 0.2) is 11.5 Å². The zero-order valence-electron chi connectivity index (χ0n) is 14.1. The van der Waals surface area contributed by atoms with Crippen molar-refractivity contribution >= 4 is 11.8 Å². The van der Waals surface area contributed by atoms with Crippen molar-refractivity contribution in [1.82, 2.24) is 10.1 Å². The first kappa shape index (κ1) is 18.2. The van der Waals surface area contributed by atoms with Gasteiger partial charge in [-0.25, -0.2) is 0 Å². The van der Waals surface area contributed by atoms with Crippen LogP contribution >= 0.6 is 11.8 Å². The number of alkyl halides is 2. The Bertz CT molecular complexity index is 886. The van der Waals surface area contributed by atoms with Gasteiger partial charge in [0.1, 0.15) is 0 Å². The van der Waals surface area contributed by atoms with E-state index in [1.165, 1.54) is 24.8 Å². The van der Waals surface area contributed by atoms with Crippen LogP contribution in [-0.2, 0) is 5.75 Å². The molecule has 3 rings (SSSR count). The van der Waals surface area contributed by atoms with E-state index in [1.807, 2.05) is 25.1 Å². The summed E-state index contributed by atoms with van der Waals surface area (Å²) in [7, 11) is 1.37. The van der Waals surface area contributed by atoms with E-state index in [4.69, 9.17) is 9.26 Å². The van der Waals surface area contributed by atoms with Crippen LogP contribution in [0.1, 0.15) is 11.5 Å². The van der Waals surface area contributed by atoms with Gasteiger partial charge in [-0.2, -0.15) is 13.8 Å². The number of ether oxygens (including phenoxy) is 2. The number of benzene rings is 2. The molecule has 0 aliphatic carbocycles. The van der Waals surface area contributed by atoms with Gasteiger partial charge in [-0.1, -0.05) is 22.9 Å². The van der Waals surface area contributed by atoms with Crippen molar-refractivity contribution in [3.63, 3.8) is 0 Å². The van der Waals surface area contributed by atoms with Gasteiger partial charge in [0.2, 0.25) is 11.7 Å². The Balaban J connectivity index is 1.72. The number of methoxy groups -OCH3 is 1. The first-order valence-corrected chi connectivity index (χ1v) is 8.69. The van der Waals surface area contributed by atoms with Crippen LogP contribution in [0.4, 0.5) is 8.78 Å². The zero-order valence-corrected chi connectivity index (χ0v) is 14.9. The topological polar surface area (TPSA) is 57.4 Å². The van der Waals surface area contributed by atoms with Crippen LogP contribution in [-0.4, -0.2) is 23.9 Å². The fourth-order valence-corrected chi connectivity index (χ4v) is 3.13. The third-order valence-corrected chi connectivity index (χ3v) is 4.44. The lowest BCUT2D eigenvalue weighted by Gasteiger charge is -2.10. The van der Waals surface area contributed by atoms with Crippen molar-refractivity contribution < 1.29 is 22.8 Å². The van der Waals surface area contributed by atoms with Gasteiger partial charge in [0.25, 0.3) is 0 Å². The Morgan fingerprint density at radius 3 is 2.73 bits per heavy atom. The molecule has 5 nitrogen and oxygen atoms in total. The van der Waals surface area contributed by atoms with Crippen molar-refractivity contribution in [1.29, 1.82) is 0 Å². The average Bonchev–Trinajstić information content (AvgIpc) is 3.09. The van der Waals surface area contributed by atoms with Crippen molar-refractivity contribution in [3.8, 4) is 22.9 Å². The average molecular weight is 378 g/mol. The summed E-state index contributed by atoms with van der Waals surface area (Å²) in [6.07, 6.45) is 0. The summed E-state index contributed by atoms with van der Waals surface area (Å²) in [6, 6.07) is 12.6. The summed E-state index contributed by atoms with van der Waals surface area (Å²) in [5.41, 5.74) is 1.76. The summed E-state index contributed by atoms with van der Waals surface area (Å²) >= 11 is 1.59. The highest BCUT2D eigenvalue weighted by molar-refractivity contribution is 7.98. The number of thioether (sulfide) groups is 1. The first-order chi connectivity index (χ1) is 12.5. The van der Waals surface area contributed by atoms with E-state index in [-0.39, 0.29) is 11.5 Å². The highest BCUT2D eigenvalue weighted by Crippen LogP contribution is 2.33. The molecule has 0 atom stereocenters. The largest absolute Gasteiger partial charge is 0.493 e. The van der Waals surface area contributed by atoms with Crippen molar-refractivity contribution in [2.24, 2.45) is 0 Å².